The predicted octanol–water partition coefficient (Wildman–Crippen LogP) is 3.13. The van der Waals surface area contributed by atoms with Gasteiger partial charge in [0, 0.05) is 36.0 Å². The molecule has 132 valence electrons. The van der Waals surface area contributed by atoms with Gasteiger partial charge in [-0.25, -0.2) is 4.98 Å². The van der Waals surface area contributed by atoms with Crippen LogP contribution in [-0.4, -0.2) is 38.9 Å². The zero-order valence-corrected chi connectivity index (χ0v) is 15.0. The number of furan rings is 1. The van der Waals surface area contributed by atoms with Crippen molar-refractivity contribution in [2.45, 2.75) is 46.1 Å². The number of hydrogen-bond donors (Lipinski definition) is 1. The van der Waals surface area contributed by atoms with Gasteiger partial charge in [0.05, 0.1) is 18.1 Å². The third kappa shape index (κ3) is 2.70. The molecule has 0 saturated carbocycles. The van der Waals surface area contributed by atoms with E-state index in [1.54, 1.807) is 6.26 Å². The van der Waals surface area contributed by atoms with Crippen molar-refractivity contribution in [1.29, 1.82) is 0 Å². The van der Waals surface area contributed by atoms with E-state index in [1.807, 2.05) is 23.6 Å². The first-order chi connectivity index (χ1) is 12.1. The molecule has 6 nitrogen and oxygen atoms in total. The van der Waals surface area contributed by atoms with Gasteiger partial charge in [-0.2, -0.15) is 9.61 Å². The molecule has 0 radical (unpaired) electrons. The molecule has 1 N–H and O–H groups in total. The lowest BCUT2D eigenvalue weighted by Gasteiger charge is -2.33. The number of aromatic nitrogens is 3. The molecular formula is C19H24N4O2. The van der Waals surface area contributed by atoms with Gasteiger partial charge in [0.1, 0.15) is 11.6 Å². The molecule has 0 aliphatic carbocycles. The van der Waals surface area contributed by atoms with Gasteiger partial charge in [0.2, 0.25) is 0 Å². The van der Waals surface area contributed by atoms with Crippen molar-refractivity contribution in [2.24, 2.45) is 0 Å². The highest BCUT2D eigenvalue weighted by atomic mass is 16.3. The molecule has 3 aromatic heterocycles. The second-order valence-corrected chi connectivity index (χ2v) is 6.79. The second kappa shape index (κ2) is 6.19. The van der Waals surface area contributed by atoms with Crippen LogP contribution in [0, 0.1) is 13.8 Å². The summed E-state index contributed by atoms with van der Waals surface area (Å²) in [6.07, 6.45) is 4.14. The number of hydrogen-bond acceptors (Lipinski definition) is 5. The molecule has 0 amide bonds. The van der Waals surface area contributed by atoms with E-state index < -0.39 is 0 Å². The standard InChI is InChI=1S/C19H24N4O2/c1-4-15-12(2)20-18-10-17(16-7-9-25-13(16)3)21-23(18)19(15)22-8-5-6-14(24)11-22/h7,9-10,14,24H,4-6,8,11H2,1-3H3. The molecule has 4 heterocycles. The van der Waals surface area contributed by atoms with E-state index in [2.05, 4.69) is 18.7 Å². The van der Waals surface area contributed by atoms with Gasteiger partial charge >= 0.3 is 0 Å². The number of rotatable bonds is 3. The molecule has 25 heavy (non-hydrogen) atoms. The molecule has 1 unspecified atom stereocenters. The first-order valence-corrected chi connectivity index (χ1v) is 8.95. The molecule has 0 spiro atoms. The first-order valence-electron chi connectivity index (χ1n) is 8.95. The van der Waals surface area contributed by atoms with Crippen LogP contribution in [-0.2, 0) is 6.42 Å². The maximum Gasteiger partial charge on any atom is 0.158 e. The zero-order valence-electron chi connectivity index (χ0n) is 15.0. The Morgan fingerprint density at radius 1 is 1.36 bits per heavy atom. The summed E-state index contributed by atoms with van der Waals surface area (Å²) in [4.78, 5) is 7.02. The van der Waals surface area contributed by atoms with Crippen molar-refractivity contribution < 1.29 is 9.52 Å². The van der Waals surface area contributed by atoms with Gasteiger partial charge in [-0.15, -0.1) is 0 Å². The van der Waals surface area contributed by atoms with Crippen LogP contribution >= 0.6 is 0 Å². The molecule has 1 atom stereocenters. The number of piperidine rings is 1. The SMILES string of the molecule is CCc1c(C)nc2cc(-c3ccoc3C)nn2c1N1CCCC(O)C1. The van der Waals surface area contributed by atoms with E-state index in [9.17, 15) is 5.11 Å². The second-order valence-electron chi connectivity index (χ2n) is 6.79. The number of anilines is 1. The number of nitrogens with zero attached hydrogens (tertiary/aromatic N) is 4. The minimum absolute atomic E-state index is 0.284. The van der Waals surface area contributed by atoms with Crippen molar-refractivity contribution >= 4 is 11.5 Å². The van der Waals surface area contributed by atoms with E-state index in [0.29, 0.717) is 6.54 Å². The van der Waals surface area contributed by atoms with E-state index >= 15 is 0 Å². The average molecular weight is 340 g/mol. The van der Waals surface area contributed by atoms with Crippen LogP contribution in [0.2, 0.25) is 0 Å². The van der Waals surface area contributed by atoms with Crippen LogP contribution < -0.4 is 4.90 Å². The van der Waals surface area contributed by atoms with Crippen LogP contribution in [0.5, 0.6) is 0 Å². The van der Waals surface area contributed by atoms with Gasteiger partial charge in [-0.3, -0.25) is 0 Å². The quantitative estimate of drug-likeness (QED) is 0.793. The monoisotopic (exact) mass is 340 g/mol. The van der Waals surface area contributed by atoms with E-state index in [-0.39, 0.29) is 6.10 Å². The summed E-state index contributed by atoms with van der Waals surface area (Å²) in [6, 6.07) is 3.95. The lowest BCUT2D eigenvalue weighted by atomic mass is 10.1. The van der Waals surface area contributed by atoms with Crippen LogP contribution in [0.25, 0.3) is 16.9 Å². The Labute approximate surface area is 147 Å². The molecule has 6 heteroatoms. The number of fused-ring (bicyclic) bond motifs is 1. The number of aliphatic hydroxyl groups is 1. The minimum Gasteiger partial charge on any atom is -0.469 e. The Kier molecular flexibility index (Phi) is 4.00. The summed E-state index contributed by atoms with van der Waals surface area (Å²) in [5, 5.41) is 15.0. The van der Waals surface area contributed by atoms with Crippen molar-refractivity contribution in [3.8, 4) is 11.3 Å². The van der Waals surface area contributed by atoms with Gasteiger partial charge in [0.15, 0.2) is 5.65 Å². The van der Waals surface area contributed by atoms with Crippen LogP contribution in [0.15, 0.2) is 22.8 Å². The summed E-state index contributed by atoms with van der Waals surface area (Å²) >= 11 is 0. The predicted molar refractivity (Wildman–Crippen MR) is 97.0 cm³/mol. The highest BCUT2D eigenvalue weighted by molar-refractivity contribution is 5.68. The Balaban J connectivity index is 1.92. The molecular weight excluding hydrogens is 316 g/mol. The van der Waals surface area contributed by atoms with E-state index in [4.69, 9.17) is 14.5 Å². The molecule has 4 rings (SSSR count). The highest BCUT2D eigenvalue weighted by Crippen LogP contribution is 2.30. The fraction of sp³-hybridized carbons (Fsp3) is 0.474. The summed E-state index contributed by atoms with van der Waals surface area (Å²) in [5.74, 6) is 1.92. The summed E-state index contributed by atoms with van der Waals surface area (Å²) in [5.41, 5.74) is 4.91. The summed E-state index contributed by atoms with van der Waals surface area (Å²) in [6.45, 7) is 7.72. The van der Waals surface area contributed by atoms with Crippen molar-refractivity contribution in [3.05, 3.63) is 35.4 Å². The van der Waals surface area contributed by atoms with Gasteiger partial charge in [0.25, 0.3) is 0 Å². The molecule has 1 fully saturated rings. The van der Waals surface area contributed by atoms with Crippen LogP contribution in [0.4, 0.5) is 5.82 Å². The van der Waals surface area contributed by atoms with Gasteiger partial charge in [-0.05, 0) is 39.2 Å². The lowest BCUT2D eigenvalue weighted by molar-refractivity contribution is 0.153. The molecule has 0 bridgehead atoms. The fourth-order valence-corrected chi connectivity index (χ4v) is 3.80. The number of aliphatic hydroxyl groups excluding tert-OH is 1. The summed E-state index contributed by atoms with van der Waals surface area (Å²) in [7, 11) is 0. The topological polar surface area (TPSA) is 66.8 Å². The average Bonchev–Trinajstić information content (AvgIpc) is 3.19. The van der Waals surface area contributed by atoms with Crippen molar-refractivity contribution in [3.63, 3.8) is 0 Å². The Bertz CT molecular complexity index is 912. The maximum absolute atomic E-state index is 10.1. The Hall–Kier alpha value is -2.34. The maximum atomic E-state index is 10.1. The molecule has 3 aromatic rings. The minimum atomic E-state index is -0.284. The first kappa shape index (κ1) is 16.1. The third-order valence-electron chi connectivity index (χ3n) is 5.06. The smallest absolute Gasteiger partial charge is 0.158 e. The molecule has 1 aliphatic heterocycles. The van der Waals surface area contributed by atoms with Crippen molar-refractivity contribution in [2.75, 3.05) is 18.0 Å². The lowest BCUT2D eigenvalue weighted by Crippen LogP contribution is -2.40. The van der Waals surface area contributed by atoms with Gasteiger partial charge in [-0.1, -0.05) is 6.92 Å². The molecule has 0 aromatic carbocycles. The highest BCUT2D eigenvalue weighted by Gasteiger charge is 2.25. The normalized spacial score (nSPS) is 18.2. The van der Waals surface area contributed by atoms with Gasteiger partial charge < -0.3 is 14.4 Å². The van der Waals surface area contributed by atoms with E-state index in [1.165, 1.54) is 5.56 Å². The Morgan fingerprint density at radius 3 is 2.88 bits per heavy atom. The number of β-amino-alcohol motifs (C(OH)–C–C–N with tert-alkyl or cyclic N) is 1. The van der Waals surface area contributed by atoms with Crippen LogP contribution in [0.1, 0.15) is 36.8 Å². The third-order valence-corrected chi connectivity index (χ3v) is 5.06. The van der Waals surface area contributed by atoms with Crippen molar-refractivity contribution in [1.82, 2.24) is 14.6 Å². The summed E-state index contributed by atoms with van der Waals surface area (Å²) < 4.78 is 7.37. The van der Waals surface area contributed by atoms with E-state index in [0.717, 1.165) is 60.0 Å². The molecule has 1 saturated heterocycles. The number of aryl methyl sites for hydroxylation is 2. The van der Waals surface area contributed by atoms with Crippen LogP contribution in [0.3, 0.4) is 0 Å². The molecule has 1 aliphatic rings. The Morgan fingerprint density at radius 2 is 2.20 bits per heavy atom. The zero-order chi connectivity index (χ0) is 17.6. The fourth-order valence-electron chi connectivity index (χ4n) is 3.80. The largest absolute Gasteiger partial charge is 0.469 e.